The van der Waals surface area contributed by atoms with E-state index < -0.39 is 29.4 Å². The lowest BCUT2D eigenvalue weighted by Crippen LogP contribution is -2.43. The molecule has 0 bridgehead atoms. The summed E-state index contributed by atoms with van der Waals surface area (Å²) in [5.74, 6) is -0.914. The van der Waals surface area contributed by atoms with Crippen LogP contribution < -0.4 is 10.2 Å². The van der Waals surface area contributed by atoms with Crippen LogP contribution in [-0.2, 0) is 12.6 Å². The highest BCUT2D eigenvalue weighted by Gasteiger charge is 2.36. The van der Waals surface area contributed by atoms with Crippen molar-refractivity contribution in [3.8, 4) is 0 Å². The van der Waals surface area contributed by atoms with E-state index in [1.165, 1.54) is 12.1 Å². The van der Waals surface area contributed by atoms with Crippen molar-refractivity contribution < 1.29 is 18.3 Å². The second kappa shape index (κ2) is 9.42. The molecule has 10 heteroatoms. The first kappa shape index (κ1) is 24.1. The molecule has 0 spiro atoms. The van der Waals surface area contributed by atoms with E-state index in [9.17, 15) is 18.3 Å². The lowest BCUT2D eigenvalue weighted by molar-refractivity contribution is 0.00777. The van der Waals surface area contributed by atoms with Gasteiger partial charge >= 0.3 is 0 Å². The van der Waals surface area contributed by atoms with Crippen LogP contribution in [0.25, 0.3) is 10.9 Å². The number of piperidine rings is 1. The predicted molar refractivity (Wildman–Crippen MR) is 131 cm³/mol. The number of nitrogens with one attached hydrogen (secondary N) is 1. The molecule has 7 nitrogen and oxygen atoms in total. The number of benzene rings is 1. The Morgan fingerprint density at radius 3 is 2.53 bits per heavy atom. The monoisotopic (exact) mass is 496 g/mol. The lowest BCUT2D eigenvalue weighted by atomic mass is 9.87. The molecule has 0 saturated carbocycles. The molecule has 4 aromatic rings. The molecular weight excluding hydrogens is 469 g/mol. The van der Waals surface area contributed by atoms with Crippen LogP contribution in [0.3, 0.4) is 0 Å². The van der Waals surface area contributed by atoms with Gasteiger partial charge in [0, 0.05) is 49.2 Å². The maximum Gasteiger partial charge on any atom is 0.266 e. The fourth-order valence-corrected chi connectivity index (χ4v) is 4.77. The van der Waals surface area contributed by atoms with E-state index in [1.807, 2.05) is 25.5 Å². The van der Waals surface area contributed by atoms with Gasteiger partial charge in [0.2, 0.25) is 0 Å². The standard InChI is InChI=1S/C26H27F3N6O/c1-16(18-4-3-5-19(24(18)27)25(28)29)33-21-6-9-30-22-14-31-23(12-20(21)22)26(36)7-10-35(11-8-26)17-13-32-34(2)15-17/h3-6,9,12-16,25,36H,7-8,10-11H2,1-2H3,(H,30,33)/t16-/m1/s1. The first-order valence-electron chi connectivity index (χ1n) is 11.8. The summed E-state index contributed by atoms with van der Waals surface area (Å²) in [5.41, 5.74) is 1.22. The Morgan fingerprint density at radius 1 is 1.08 bits per heavy atom. The van der Waals surface area contributed by atoms with Gasteiger partial charge < -0.3 is 15.3 Å². The second-order valence-corrected chi connectivity index (χ2v) is 9.25. The molecule has 1 atom stereocenters. The molecule has 1 aliphatic heterocycles. The van der Waals surface area contributed by atoms with Gasteiger partial charge in [0.05, 0.1) is 40.9 Å². The maximum absolute atomic E-state index is 14.7. The Morgan fingerprint density at radius 2 is 1.83 bits per heavy atom. The fraction of sp³-hybridized carbons (Fsp3) is 0.346. The van der Waals surface area contributed by atoms with Gasteiger partial charge in [-0.15, -0.1) is 0 Å². The number of aliphatic hydroxyl groups is 1. The SMILES string of the molecule is C[C@@H](Nc1ccnc2cnc(C3(O)CCN(c4cnn(C)c4)CC3)cc12)c1cccc(C(F)F)c1F. The van der Waals surface area contributed by atoms with Crippen molar-refractivity contribution in [2.75, 3.05) is 23.3 Å². The van der Waals surface area contributed by atoms with E-state index in [1.54, 1.807) is 30.1 Å². The molecule has 1 aliphatic rings. The van der Waals surface area contributed by atoms with Crippen LogP contribution in [0.15, 0.2) is 55.1 Å². The van der Waals surface area contributed by atoms with Gasteiger partial charge in [-0.2, -0.15) is 5.10 Å². The van der Waals surface area contributed by atoms with Gasteiger partial charge in [-0.05, 0) is 31.9 Å². The van der Waals surface area contributed by atoms with Crippen LogP contribution in [0.5, 0.6) is 0 Å². The Balaban J connectivity index is 1.40. The average Bonchev–Trinajstić information content (AvgIpc) is 3.30. The smallest absolute Gasteiger partial charge is 0.266 e. The van der Waals surface area contributed by atoms with Crippen molar-refractivity contribution in [2.24, 2.45) is 7.05 Å². The van der Waals surface area contributed by atoms with Crippen LogP contribution in [0, 0.1) is 5.82 Å². The number of aromatic nitrogens is 4. The summed E-state index contributed by atoms with van der Waals surface area (Å²) in [6.07, 6.45) is 5.07. The highest BCUT2D eigenvalue weighted by atomic mass is 19.3. The minimum atomic E-state index is -2.89. The number of aryl methyl sites for hydroxylation is 1. The zero-order valence-electron chi connectivity index (χ0n) is 20.0. The Kier molecular flexibility index (Phi) is 6.29. The minimum absolute atomic E-state index is 0.147. The summed E-state index contributed by atoms with van der Waals surface area (Å²) in [6.45, 7) is 3.01. The Labute approximate surface area is 206 Å². The topological polar surface area (TPSA) is 79.1 Å². The summed E-state index contributed by atoms with van der Waals surface area (Å²) in [4.78, 5) is 11.1. The summed E-state index contributed by atoms with van der Waals surface area (Å²) in [6, 6.07) is 6.98. The van der Waals surface area contributed by atoms with E-state index in [-0.39, 0.29) is 5.56 Å². The van der Waals surface area contributed by atoms with Gasteiger partial charge in [0.15, 0.2) is 0 Å². The van der Waals surface area contributed by atoms with Crippen molar-refractivity contribution in [3.63, 3.8) is 0 Å². The maximum atomic E-state index is 14.7. The Hall–Kier alpha value is -3.66. The largest absolute Gasteiger partial charge is 0.383 e. The van der Waals surface area contributed by atoms with Crippen LogP contribution in [0.1, 0.15) is 49.1 Å². The molecule has 3 aromatic heterocycles. The van der Waals surface area contributed by atoms with E-state index >= 15 is 0 Å². The zero-order chi connectivity index (χ0) is 25.4. The van der Waals surface area contributed by atoms with Gasteiger partial charge in [-0.25, -0.2) is 13.2 Å². The predicted octanol–water partition coefficient (Wildman–Crippen LogP) is 5.10. The third kappa shape index (κ3) is 4.48. The molecule has 5 rings (SSSR count). The molecule has 0 aliphatic carbocycles. The number of anilines is 2. The number of halogens is 3. The molecular formula is C26H27F3N6O. The highest BCUT2D eigenvalue weighted by Crippen LogP contribution is 2.36. The van der Waals surface area contributed by atoms with Gasteiger partial charge in [0.1, 0.15) is 11.4 Å². The van der Waals surface area contributed by atoms with E-state index in [0.717, 1.165) is 11.8 Å². The summed E-state index contributed by atoms with van der Waals surface area (Å²) in [7, 11) is 1.87. The zero-order valence-corrected chi connectivity index (χ0v) is 20.0. The fourth-order valence-electron chi connectivity index (χ4n) is 4.77. The molecule has 0 amide bonds. The number of hydrogen-bond donors (Lipinski definition) is 2. The van der Waals surface area contributed by atoms with Gasteiger partial charge in [-0.3, -0.25) is 14.6 Å². The van der Waals surface area contributed by atoms with Crippen LogP contribution in [0.4, 0.5) is 24.5 Å². The Bertz CT molecular complexity index is 1380. The molecule has 1 saturated heterocycles. The summed E-state index contributed by atoms with van der Waals surface area (Å²) in [5, 5.41) is 19.6. The van der Waals surface area contributed by atoms with Crippen molar-refractivity contribution in [2.45, 2.75) is 37.8 Å². The first-order valence-corrected chi connectivity index (χ1v) is 11.8. The van der Waals surface area contributed by atoms with Gasteiger partial charge in [0.25, 0.3) is 6.43 Å². The van der Waals surface area contributed by atoms with Gasteiger partial charge in [-0.1, -0.05) is 18.2 Å². The average molecular weight is 497 g/mol. The minimum Gasteiger partial charge on any atom is -0.383 e. The number of hydrogen-bond acceptors (Lipinski definition) is 6. The van der Waals surface area contributed by atoms with Crippen LogP contribution >= 0.6 is 0 Å². The number of nitrogens with zero attached hydrogens (tertiary/aromatic N) is 5. The molecule has 2 N–H and O–H groups in total. The molecule has 0 radical (unpaired) electrons. The second-order valence-electron chi connectivity index (χ2n) is 9.25. The lowest BCUT2D eigenvalue weighted by Gasteiger charge is -2.38. The molecule has 4 heterocycles. The number of alkyl halides is 2. The molecule has 188 valence electrons. The number of rotatable bonds is 6. The van der Waals surface area contributed by atoms with Crippen LogP contribution in [-0.4, -0.2) is 37.9 Å². The van der Waals surface area contributed by atoms with Crippen molar-refractivity contribution in [3.05, 3.63) is 77.8 Å². The van der Waals surface area contributed by atoms with Crippen LogP contribution in [0.2, 0.25) is 0 Å². The van der Waals surface area contributed by atoms with E-state index in [0.29, 0.717) is 48.2 Å². The highest BCUT2D eigenvalue weighted by molar-refractivity contribution is 5.91. The van der Waals surface area contributed by atoms with Crippen molar-refractivity contribution >= 4 is 22.3 Å². The normalized spacial score (nSPS) is 16.5. The number of fused-ring (bicyclic) bond motifs is 1. The van der Waals surface area contributed by atoms with Crippen molar-refractivity contribution in [1.82, 2.24) is 19.7 Å². The molecule has 36 heavy (non-hydrogen) atoms. The number of pyridine rings is 2. The molecule has 1 fully saturated rings. The third-order valence-electron chi connectivity index (χ3n) is 6.88. The first-order chi connectivity index (χ1) is 17.2. The quantitative estimate of drug-likeness (QED) is 0.387. The molecule has 1 aromatic carbocycles. The summed E-state index contributed by atoms with van der Waals surface area (Å²) < 4.78 is 42.8. The van der Waals surface area contributed by atoms with E-state index in [4.69, 9.17) is 0 Å². The van der Waals surface area contributed by atoms with Crippen molar-refractivity contribution in [1.29, 1.82) is 0 Å². The third-order valence-corrected chi connectivity index (χ3v) is 6.88. The van der Waals surface area contributed by atoms with E-state index in [2.05, 4.69) is 25.3 Å². The molecule has 0 unspecified atom stereocenters. The summed E-state index contributed by atoms with van der Waals surface area (Å²) >= 11 is 0.